The van der Waals surface area contributed by atoms with Gasteiger partial charge in [0, 0.05) is 10.5 Å². The lowest BCUT2D eigenvalue weighted by Gasteiger charge is -2.25. The fourth-order valence-corrected chi connectivity index (χ4v) is 3.80. The number of nitrogens with one attached hydrogen (secondary N) is 1. The molecule has 2 saturated carbocycles. The molecular weight excluding hydrogens is 294 g/mol. The van der Waals surface area contributed by atoms with E-state index >= 15 is 0 Å². The normalized spacial score (nSPS) is 29.5. The molecule has 0 radical (unpaired) electrons. The maximum atomic E-state index is 11.2. The lowest BCUT2D eigenvalue weighted by Crippen LogP contribution is -2.26. The fraction of sp³-hybridized carbons (Fsp3) is 0.500. The predicted octanol–water partition coefficient (Wildman–Crippen LogP) is 3.75. The van der Waals surface area contributed by atoms with Gasteiger partial charge in [0.2, 0.25) is 0 Å². The highest BCUT2D eigenvalue weighted by Crippen LogP contribution is 2.45. The summed E-state index contributed by atoms with van der Waals surface area (Å²) in [4.78, 5) is 11.2. The van der Waals surface area contributed by atoms with Crippen molar-refractivity contribution in [3.63, 3.8) is 0 Å². The van der Waals surface area contributed by atoms with Crippen LogP contribution in [0.4, 0.5) is 5.69 Å². The van der Waals surface area contributed by atoms with Crippen LogP contribution in [-0.2, 0) is 0 Å². The smallest absolute Gasteiger partial charge is 0.337 e. The summed E-state index contributed by atoms with van der Waals surface area (Å²) in [6.07, 6.45) is 5.15. The van der Waals surface area contributed by atoms with E-state index in [0.717, 1.165) is 22.0 Å². The maximum Gasteiger partial charge on any atom is 0.337 e. The Balaban J connectivity index is 1.83. The maximum absolute atomic E-state index is 11.2. The van der Waals surface area contributed by atoms with E-state index in [9.17, 15) is 9.90 Å². The lowest BCUT2D eigenvalue weighted by molar-refractivity contribution is 0.0698. The second-order valence-electron chi connectivity index (χ2n) is 5.42. The highest BCUT2D eigenvalue weighted by Gasteiger charge is 2.39. The van der Waals surface area contributed by atoms with E-state index in [1.807, 2.05) is 6.07 Å². The van der Waals surface area contributed by atoms with E-state index in [4.69, 9.17) is 0 Å². The summed E-state index contributed by atoms with van der Waals surface area (Å²) in [5.74, 6) is 0.719. The van der Waals surface area contributed by atoms with Gasteiger partial charge in [-0.15, -0.1) is 0 Å². The summed E-state index contributed by atoms with van der Waals surface area (Å²) in [6.45, 7) is 0. The first-order valence-electron chi connectivity index (χ1n) is 6.43. The van der Waals surface area contributed by atoms with Crippen molar-refractivity contribution in [2.24, 2.45) is 11.8 Å². The van der Waals surface area contributed by atoms with E-state index in [1.54, 1.807) is 12.1 Å². The average Bonchev–Trinajstić information content (AvgIpc) is 2.90. The van der Waals surface area contributed by atoms with Gasteiger partial charge in [0.1, 0.15) is 0 Å². The minimum absolute atomic E-state index is 0.362. The van der Waals surface area contributed by atoms with Gasteiger partial charge in [-0.1, -0.05) is 22.4 Å². The van der Waals surface area contributed by atoms with Crippen LogP contribution >= 0.6 is 15.9 Å². The molecule has 2 aliphatic carbocycles. The molecule has 0 aromatic heterocycles. The molecule has 18 heavy (non-hydrogen) atoms. The quantitative estimate of drug-likeness (QED) is 0.894. The summed E-state index contributed by atoms with van der Waals surface area (Å²) in [5, 5.41) is 12.7. The molecular formula is C14H16BrNO2. The Kier molecular flexibility index (Phi) is 3.06. The average molecular weight is 310 g/mol. The molecule has 3 atom stereocenters. The topological polar surface area (TPSA) is 49.3 Å². The van der Waals surface area contributed by atoms with Crippen LogP contribution in [0.5, 0.6) is 0 Å². The van der Waals surface area contributed by atoms with Gasteiger partial charge >= 0.3 is 5.97 Å². The van der Waals surface area contributed by atoms with Gasteiger partial charge in [0.25, 0.3) is 0 Å². The van der Waals surface area contributed by atoms with Gasteiger partial charge in [0.05, 0.1) is 11.3 Å². The molecule has 0 aliphatic heterocycles. The van der Waals surface area contributed by atoms with Crippen molar-refractivity contribution < 1.29 is 9.90 Å². The highest BCUT2D eigenvalue weighted by molar-refractivity contribution is 9.10. The van der Waals surface area contributed by atoms with Crippen molar-refractivity contribution in [3.8, 4) is 0 Å². The SMILES string of the molecule is O=C(O)c1ccc(Br)cc1NC1CC2CCC1C2. The summed E-state index contributed by atoms with van der Waals surface area (Å²) < 4.78 is 0.915. The van der Waals surface area contributed by atoms with Gasteiger partial charge in [-0.05, 0) is 49.3 Å². The summed E-state index contributed by atoms with van der Waals surface area (Å²) in [6, 6.07) is 5.75. The van der Waals surface area contributed by atoms with Crippen molar-refractivity contribution in [2.75, 3.05) is 5.32 Å². The highest BCUT2D eigenvalue weighted by atomic mass is 79.9. The third kappa shape index (κ3) is 2.14. The molecule has 0 amide bonds. The van der Waals surface area contributed by atoms with Crippen LogP contribution in [0.1, 0.15) is 36.0 Å². The first-order chi connectivity index (χ1) is 8.63. The molecule has 3 nitrogen and oxygen atoms in total. The lowest BCUT2D eigenvalue weighted by atomic mass is 9.95. The predicted molar refractivity (Wildman–Crippen MR) is 74.0 cm³/mol. The third-order valence-electron chi connectivity index (χ3n) is 4.29. The minimum Gasteiger partial charge on any atom is -0.478 e. The van der Waals surface area contributed by atoms with Crippen LogP contribution in [0.3, 0.4) is 0 Å². The zero-order valence-corrected chi connectivity index (χ0v) is 11.6. The van der Waals surface area contributed by atoms with E-state index in [2.05, 4.69) is 21.2 Å². The second kappa shape index (κ2) is 4.57. The molecule has 1 aromatic carbocycles. The summed E-state index contributed by atoms with van der Waals surface area (Å²) >= 11 is 3.40. The van der Waals surface area contributed by atoms with E-state index in [1.165, 1.54) is 25.7 Å². The number of carboxylic acid groups (broad SMARTS) is 1. The number of fused-ring (bicyclic) bond motifs is 2. The molecule has 3 rings (SSSR count). The molecule has 0 spiro atoms. The van der Waals surface area contributed by atoms with Crippen LogP contribution < -0.4 is 5.32 Å². The van der Waals surface area contributed by atoms with Gasteiger partial charge < -0.3 is 10.4 Å². The Morgan fingerprint density at radius 3 is 2.78 bits per heavy atom. The van der Waals surface area contributed by atoms with Gasteiger partial charge in [-0.3, -0.25) is 0 Å². The van der Waals surface area contributed by atoms with Crippen LogP contribution in [0, 0.1) is 11.8 Å². The largest absolute Gasteiger partial charge is 0.478 e. The number of halogens is 1. The Morgan fingerprint density at radius 1 is 1.33 bits per heavy atom. The molecule has 2 bridgehead atoms. The molecule has 2 N–H and O–H groups in total. The standard InChI is InChI=1S/C14H16BrNO2/c15-10-3-4-11(14(17)18)13(7-10)16-12-6-8-1-2-9(12)5-8/h3-4,7-9,12,16H,1-2,5-6H2,(H,17,18). The number of carboxylic acids is 1. The van der Waals surface area contributed by atoms with Gasteiger partial charge in [-0.2, -0.15) is 0 Å². The van der Waals surface area contributed by atoms with Crippen LogP contribution in [0.25, 0.3) is 0 Å². The zero-order chi connectivity index (χ0) is 12.7. The Morgan fingerprint density at radius 2 is 2.17 bits per heavy atom. The summed E-state index contributed by atoms with van der Waals surface area (Å²) in [7, 11) is 0. The molecule has 4 heteroatoms. The molecule has 0 heterocycles. The van der Waals surface area contributed by atoms with Gasteiger partial charge in [0.15, 0.2) is 0 Å². The first-order valence-corrected chi connectivity index (χ1v) is 7.22. The molecule has 96 valence electrons. The fourth-order valence-electron chi connectivity index (χ4n) is 3.44. The van der Waals surface area contributed by atoms with E-state index in [-0.39, 0.29) is 0 Å². The Hall–Kier alpha value is -1.03. The van der Waals surface area contributed by atoms with Crippen LogP contribution in [0.2, 0.25) is 0 Å². The minimum atomic E-state index is -0.867. The van der Waals surface area contributed by atoms with Crippen molar-refractivity contribution >= 4 is 27.6 Å². The molecule has 2 aliphatic rings. The third-order valence-corrected chi connectivity index (χ3v) is 4.78. The van der Waals surface area contributed by atoms with E-state index in [0.29, 0.717) is 11.6 Å². The van der Waals surface area contributed by atoms with Gasteiger partial charge in [-0.25, -0.2) is 4.79 Å². The van der Waals surface area contributed by atoms with Crippen molar-refractivity contribution in [1.29, 1.82) is 0 Å². The Bertz CT molecular complexity index is 489. The number of aromatic carboxylic acids is 1. The molecule has 0 saturated heterocycles. The van der Waals surface area contributed by atoms with Crippen molar-refractivity contribution in [2.45, 2.75) is 31.7 Å². The molecule has 2 fully saturated rings. The Labute approximate surface area is 115 Å². The number of benzene rings is 1. The van der Waals surface area contributed by atoms with Crippen molar-refractivity contribution in [3.05, 3.63) is 28.2 Å². The number of hydrogen-bond donors (Lipinski definition) is 2. The number of hydrogen-bond acceptors (Lipinski definition) is 2. The van der Waals surface area contributed by atoms with Crippen LogP contribution in [0.15, 0.2) is 22.7 Å². The first kappa shape index (κ1) is 12.0. The number of rotatable bonds is 3. The monoisotopic (exact) mass is 309 g/mol. The zero-order valence-electron chi connectivity index (χ0n) is 10.0. The van der Waals surface area contributed by atoms with Crippen LogP contribution in [-0.4, -0.2) is 17.1 Å². The molecule has 1 aromatic rings. The number of anilines is 1. The molecule has 3 unspecified atom stereocenters. The second-order valence-corrected chi connectivity index (χ2v) is 6.34. The van der Waals surface area contributed by atoms with E-state index < -0.39 is 5.97 Å². The number of carbonyl (C=O) groups is 1. The van der Waals surface area contributed by atoms with Crippen molar-refractivity contribution in [1.82, 2.24) is 0 Å². The summed E-state index contributed by atoms with van der Waals surface area (Å²) in [5.41, 5.74) is 1.11.